The third-order valence-corrected chi connectivity index (χ3v) is 5.75. The summed E-state index contributed by atoms with van der Waals surface area (Å²) >= 11 is 0. The lowest BCUT2D eigenvalue weighted by Crippen LogP contribution is -2.38. The van der Waals surface area contributed by atoms with Gasteiger partial charge in [0, 0.05) is 31.5 Å². The average Bonchev–Trinajstić information content (AvgIpc) is 3.49. The van der Waals surface area contributed by atoms with E-state index in [1.807, 2.05) is 0 Å². The number of halogens is 3. The first-order valence-electron chi connectivity index (χ1n) is 10.6. The molecule has 178 valence electrons. The number of amides is 1. The number of para-hydroxylation sites is 1. The maximum Gasteiger partial charge on any atom is 0.416 e. The van der Waals surface area contributed by atoms with Crippen molar-refractivity contribution in [2.75, 3.05) is 13.7 Å². The van der Waals surface area contributed by atoms with Crippen molar-refractivity contribution < 1.29 is 27.5 Å². The molecule has 3 aromatic rings. The average molecular weight is 472 g/mol. The molecule has 0 saturated carbocycles. The molecule has 0 spiro atoms. The summed E-state index contributed by atoms with van der Waals surface area (Å²) in [7, 11) is 1.26. The molecule has 0 bridgehead atoms. The number of rotatable bonds is 6. The summed E-state index contributed by atoms with van der Waals surface area (Å²) in [5, 5.41) is 7.13. The Bertz CT molecular complexity index is 1160. The van der Waals surface area contributed by atoms with Crippen molar-refractivity contribution in [1.82, 2.24) is 20.0 Å². The zero-order valence-corrected chi connectivity index (χ0v) is 18.3. The molecule has 0 aliphatic carbocycles. The SMILES string of the molecule is COC(=O)[C@@H]1C[C@@H](NC(=O)c2ccccc2-n2cccn2)CN1Cc1cccc(C(F)(F)F)c1. The van der Waals surface area contributed by atoms with E-state index in [1.54, 1.807) is 58.4 Å². The molecule has 2 heterocycles. The van der Waals surface area contributed by atoms with Crippen LogP contribution in [0.3, 0.4) is 0 Å². The number of hydrogen-bond donors (Lipinski definition) is 1. The van der Waals surface area contributed by atoms with Gasteiger partial charge in [-0.3, -0.25) is 14.5 Å². The zero-order chi connectivity index (χ0) is 24.3. The number of esters is 1. The highest BCUT2D eigenvalue weighted by Gasteiger charge is 2.39. The number of carbonyl (C=O) groups excluding carboxylic acids is 2. The summed E-state index contributed by atoms with van der Waals surface area (Å²) < 4.78 is 45.8. The second-order valence-corrected chi connectivity index (χ2v) is 8.04. The van der Waals surface area contributed by atoms with Crippen LogP contribution in [0.15, 0.2) is 67.0 Å². The second-order valence-electron chi connectivity index (χ2n) is 8.04. The fraction of sp³-hybridized carbons (Fsp3) is 0.292. The minimum Gasteiger partial charge on any atom is -0.468 e. The largest absolute Gasteiger partial charge is 0.468 e. The van der Waals surface area contributed by atoms with Crippen molar-refractivity contribution in [3.8, 4) is 5.69 Å². The van der Waals surface area contributed by atoms with E-state index in [0.717, 1.165) is 12.1 Å². The smallest absolute Gasteiger partial charge is 0.416 e. The van der Waals surface area contributed by atoms with Gasteiger partial charge in [0.15, 0.2) is 0 Å². The quantitative estimate of drug-likeness (QED) is 0.557. The lowest BCUT2D eigenvalue weighted by molar-refractivity contribution is -0.146. The Morgan fingerprint density at radius 3 is 2.65 bits per heavy atom. The molecule has 1 amide bonds. The van der Waals surface area contributed by atoms with Crippen LogP contribution in [0.4, 0.5) is 13.2 Å². The summed E-state index contributed by atoms with van der Waals surface area (Å²) in [5.74, 6) is -0.832. The van der Waals surface area contributed by atoms with Gasteiger partial charge in [0.25, 0.3) is 5.91 Å². The third kappa shape index (κ3) is 5.12. The molecule has 1 fully saturated rings. The zero-order valence-electron chi connectivity index (χ0n) is 18.3. The van der Waals surface area contributed by atoms with Crippen molar-refractivity contribution in [2.45, 2.75) is 31.2 Å². The first kappa shape index (κ1) is 23.5. The van der Waals surface area contributed by atoms with Gasteiger partial charge >= 0.3 is 12.1 Å². The Kier molecular flexibility index (Phi) is 6.69. The Morgan fingerprint density at radius 2 is 1.94 bits per heavy atom. The fourth-order valence-corrected chi connectivity index (χ4v) is 4.18. The number of alkyl halides is 3. The molecule has 2 aromatic carbocycles. The Balaban J connectivity index is 1.51. The van der Waals surface area contributed by atoms with Gasteiger partial charge in [0.05, 0.1) is 23.9 Å². The van der Waals surface area contributed by atoms with Gasteiger partial charge in [-0.15, -0.1) is 0 Å². The molecule has 1 aliphatic heterocycles. The summed E-state index contributed by atoms with van der Waals surface area (Å²) in [6.07, 6.45) is -0.841. The predicted molar refractivity (Wildman–Crippen MR) is 117 cm³/mol. The molecular weight excluding hydrogens is 449 g/mol. The highest BCUT2D eigenvalue weighted by molar-refractivity contribution is 5.98. The van der Waals surface area contributed by atoms with Crippen molar-refractivity contribution in [2.24, 2.45) is 0 Å². The van der Waals surface area contributed by atoms with Crippen LogP contribution >= 0.6 is 0 Å². The number of hydrogen-bond acceptors (Lipinski definition) is 5. The minimum absolute atomic E-state index is 0.111. The van der Waals surface area contributed by atoms with Gasteiger partial charge in [0.2, 0.25) is 0 Å². The summed E-state index contributed by atoms with van der Waals surface area (Å²) in [5.41, 5.74) is 0.684. The number of likely N-dealkylation sites (tertiary alicyclic amines) is 1. The van der Waals surface area contributed by atoms with Crippen LogP contribution in [-0.2, 0) is 22.3 Å². The van der Waals surface area contributed by atoms with E-state index in [9.17, 15) is 22.8 Å². The third-order valence-electron chi connectivity index (χ3n) is 5.75. The topological polar surface area (TPSA) is 76.5 Å². The Labute approximate surface area is 194 Å². The highest BCUT2D eigenvalue weighted by Crippen LogP contribution is 2.30. The lowest BCUT2D eigenvalue weighted by atomic mass is 10.1. The van der Waals surface area contributed by atoms with Crippen LogP contribution in [0.1, 0.15) is 27.9 Å². The first-order valence-corrected chi connectivity index (χ1v) is 10.6. The van der Waals surface area contributed by atoms with Crippen LogP contribution in [-0.4, -0.2) is 52.3 Å². The molecule has 1 saturated heterocycles. The van der Waals surface area contributed by atoms with E-state index in [0.29, 0.717) is 16.8 Å². The molecule has 7 nitrogen and oxygen atoms in total. The van der Waals surface area contributed by atoms with Gasteiger partial charge in [-0.25, -0.2) is 4.68 Å². The summed E-state index contributed by atoms with van der Waals surface area (Å²) in [4.78, 5) is 27.2. The molecule has 1 N–H and O–H groups in total. The van der Waals surface area contributed by atoms with Crippen LogP contribution in [0.2, 0.25) is 0 Å². The Hall–Kier alpha value is -3.66. The van der Waals surface area contributed by atoms with Crippen LogP contribution in [0.5, 0.6) is 0 Å². The second kappa shape index (κ2) is 9.68. The Morgan fingerprint density at radius 1 is 1.15 bits per heavy atom. The first-order chi connectivity index (χ1) is 16.3. The van der Waals surface area contributed by atoms with Gasteiger partial charge in [0.1, 0.15) is 6.04 Å². The monoisotopic (exact) mass is 472 g/mol. The number of ether oxygens (including phenoxy) is 1. The van der Waals surface area contributed by atoms with Gasteiger partial charge < -0.3 is 10.1 Å². The molecule has 0 radical (unpaired) electrons. The van der Waals surface area contributed by atoms with Gasteiger partial charge in [-0.05, 0) is 36.2 Å². The van der Waals surface area contributed by atoms with Crippen LogP contribution in [0.25, 0.3) is 5.69 Å². The maximum absolute atomic E-state index is 13.1. The normalized spacial score (nSPS) is 18.6. The van der Waals surface area contributed by atoms with E-state index in [4.69, 9.17) is 4.74 Å². The number of carbonyl (C=O) groups is 2. The molecule has 1 aromatic heterocycles. The standard InChI is InChI=1S/C24H23F3N4O3/c1-34-23(33)21-13-18(15-30(21)14-16-6-4-7-17(12-16)24(25,26)27)29-22(32)19-8-2-3-9-20(19)31-11-5-10-28-31/h2-12,18,21H,13-15H2,1H3,(H,29,32)/t18-,21+/m1/s1. The van der Waals surface area contributed by atoms with E-state index in [-0.39, 0.29) is 25.4 Å². The molecule has 1 aliphatic rings. The van der Waals surface area contributed by atoms with Crippen LogP contribution in [0, 0.1) is 0 Å². The van der Waals surface area contributed by atoms with E-state index in [2.05, 4.69) is 10.4 Å². The fourth-order valence-electron chi connectivity index (χ4n) is 4.18. The molecule has 4 rings (SSSR count). The van der Waals surface area contributed by atoms with E-state index < -0.39 is 29.8 Å². The van der Waals surface area contributed by atoms with Crippen molar-refractivity contribution in [1.29, 1.82) is 0 Å². The molecule has 0 unspecified atom stereocenters. The van der Waals surface area contributed by atoms with Crippen molar-refractivity contribution >= 4 is 11.9 Å². The number of benzene rings is 2. The van der Waals surface area contributed by atoms with Gasteiger partial charge in [-0.1, -0.05) is 30.3 Å². The number of nitrogens with zero attached hydrogens (tertiary/aromatic N) is 3. The van der Waals surface area contributed by atoms with Gasteiger partial charge in [-0.2, -0.15) is 18.3 Å². The van der Waals surface area contributed by atoms with E-state index >= 15 is 0 Å². The number of aromatic nitrogens is 2. The predicted octanol–water partition coefficient (Wildman–Crippen LogP) is 3.44. The maximum atomic E-state index is 13.1. The molecule has 10 heteroatoms. The number of nitrogens with one attached hydrogen (secondary N) is 1. The lowest BCUT2D eigenvalue weighted by Gasteiger charge is -2.22. The molecule has 34 heavy (non-hydrogen) atoms. The summed E-state index contributed by atoms with van der Waals surface area (Å²) in [6, 6.07) is 12.7. The van der Waals surface area contributed by atoms with Crippen LogP contribution < -0.4 is 5.32 Å². The highest BCUT2D eigenvalue weighted by atomic mass is 19.4. The summed E-state index contributed by atoms with van der Waals surface area (Å²) in [6.45, 7) is 0.394. The number of methoxy groups -OCH3 is 1. The minimum atomic E-state index is -4.46. The molecule has 2 atom stereocenters. The van der Waals surface area contributed by atoms with Crippen molar-refractivity contribution in [3.63, 3.8) is 0 Å². The van der Waals surface area contributed by atoms with Crippen molar-refractivity contribution in [3.05, 3.63) is 83.7 Å². The van der Waals surface area contributed by atoms with E-state index in [1.165, 1.54) is 13.2 Å². The molecular formula is C24H23F3N4O3.